The van der Waals surface area contributed by atoms with Gasteiger partial charge in [-0.1, -0.05) is 35.0 Å². The molecule has 0 fully saturated rings. The van der Waals surface area contributed by atoms with E-state index in [0.717, 1.165) is 5.56 Å². The van der Waals surface area contributed by atoms with Gasteiger partial charge >= 0.3 is 0 Å². The number of aryl methyl sites for hydroxylation is 2. The summed E-state index contributed by atoms with van der Waals surface area (Å²) in [6.07, 6.45) is 0.611. The molecular formula is C15H21N3O3S. The van der Waals surface area contributed by atoms with Crippen LogP contribution in [-0.4, -0.2) is 31.0 Å². The van der Waals surface area contributed by atoms with E-state index in [-0.39, 0.29) is 22.5 Å². The van der Waals surface area contributed by atoms with Gasteiger partial charge < -0.3 is 10.3 Å². The number of hydrogen-bond donors (Lipinski definition) is 1. The third-order valence-electron chi connectivity index (χ3n) is 3.74. The molecule has 1 atom stereocenters. The second-order valence-electron chi connectivity index (χ2n) is 5.51. The molecule has 0 saturated carbocycles. The molecule has 0 spiro atoms. The number of hydrogen-bond acceptors (Lipinski definition) is 5. The van der Waals surface area contributed by atoms with E-state index in [1.165, 1.54) is 16.8 Å². The van der Waals surface area contributed by atoms with E-state index in [0.29, 0.717) is 6.42 Å². The third kappa shape index (κ3) is 3.15. The first-order valence-corrected chi connectivity index (χ1v) is 8.43. The Kier molecular flexibility index (Phi) is 4.58. The van der Waals surface area contributed by atoms with E-state index in [1.54, 1.807) is 7.05 Å². The van der Waals surface area contributed by atoms with Gasteiger partial charge in [0.25, 0.3) is 0 Å². The molecule has 0 aliphatic heterocycles. The minimum absolute atomic E-state index is 0.0502. The highest BCUT2D eigenvalue weighted by atomic mass is 32.2. The number of anilines is 1. The molecule has 0 radical (unpaired) electrons. The number of sulfonamides is 1. The van der Waals surface area contributed by atoms with Gasteiger partial charge in [-0.25, -0.2) is 8.42 Å². The maximum absolute atomic E-state index is 12.7. The van der Waals surface area contributed by atoms with E-state index < -0.39 is 10.0 Å². The summed E-state index contributed by atoms with van der Waals surface area (Å²) in [5.41, 5.74) is 7.87. The number of likely N-dealkylation sites (N-methyl/N-ethyl adjacent to an activating group) is 1. The standard InChI is InChI=1S/C15H21N3O3S/c1-10-5-7-13(8-6-10)9-11(2)18(4)22(19,20)14-12(3)21-17-15(14)16/h5-8,11H,9H2,1-4H3,(H2,16,17). The van der Waals surface area contributed by atoms with Gasteiger partial charge in [0, 0.05) is 13.1 Å². The molecule has 1 aromatic carbocycles. The number of benzene rings is 1. The Morgan fingerprint density at radius 1 is 1.27 bits per heavy atom. The first-order chi connectivity index (χ1) is 10.2. The largest absolute Gasteiger partial charge is 0.380 e. The lowest BCUT2D eigenvalue weighted by Gasteiger charge is -2.24. The van der Waals surface area contributed by atoms with Crippen LogP contribution < -0.4 is 5.73 Å². The highest BCUT2D eigenvalue weighted by Gasteiger charge is 2.32. The molecule has 0 aliphatic rings. The number of nitrogens with two attached hydrogens (primary N) is 1. The lowest BCUT2D eigenvalue weighted by Crippen LogP contribution is -2.36. The molecule has 2 rings (SSSR count). The maximum atomic E-state index is 12.7. The van der Waals surface area contributed by atoms with Crippen LogP contribution in [0, 0.1) is 13.8 Å². The van der Waals surface area contributed by atoms with Gasteiger partial charge in [-0.2, -0.15) is 4.31 Å². The maximum Gasteiger partial charge on any atom is 0.250 e. The molecule has 1 unspecified atom stereocenters. The van der Waals surface area contributed by atoms with Crippen molar-refractivity contribution in [3.63, 3.8) is 0 Å². The summed E-state index contributed by atoms with van der Waals surface area (Å²) >= 11 is 0. The molecule has 1 aromatic heterocycles. The van der Waals surface area contributed by atoms with Crippen molar-refractivity contribution >= 4 is 15.8 Å². The summed E-state index contributed by atoms with van der Waals surface area (Å²) < 4.78 is 31.5. The van der Waals surface area contributed by atoms with E-state index in [1.807, 2.05) is 38.1 Å². The fourth-order valence-corrected chi connectivity index (χ4v) is 3.81. The molecule has 7 heteroatoms. The van der Waals surface area contributed by atoms with Gasteiger partial charge in [0.1, 0.15) is 0 Å². The average Bonchev–Trinajstić information content (AvgIpc) is 2.80. The summed E-state index contributed by atoms with van der Waals surface area (Å²) in [4.78, 5) is -0.0502. The van der Waals surface area contributed by atoms with Crippen molar-refractivity contribution in [2.45, 2.75) is 38.1 Å². The molecule has 2 aromatic rings. The number of rotatable bonds is 5. The molecule has 120 valence electrons. The van der Waals surface area contributed by atoms with Crippen LogP contribution >= 0.6 is 0 Å². The number of nitrogens with zero attached hydrogens (tertiary/aromatic N) is 2. The van der Waals surface area contributed by atoms with Crippen molar-refractivity contribution in [1.82, 2.24) is 9.46 Å². The Bertz CT molecular complexity index is 731. The van der Waals surface area contributed by atoms with Gasteiger partial charge in [-0.3, -0.25) is 0 Å². The Hall–Kier alpha value is -1.86. The van der Waals surface area contributed by atoms with Gasteiger partial charge in [-0.05, 0) is 32.8 Å². The summed E-state index contributed by atoms with van der Waals surface area (Å²) in [5, 5.41) is 3.51. The quantitative estimate of drug-likeness (QED) is 0.910. The summed E-state index contributed by atoms with van der Waals surface area (Å²) in [7, 11) is -2.19. The summed E-state index contributed by atoms with van der Waals surface area (Å²) in [6.45, 7) is 5.41. The first kappa shape index (κ1) is 16.5. The van der Waals surface area contributed by atoms with E-state index >= 15 is 0 Å². The predicted octanol–water partition coefficient (Wildman–Crippen LogP) is 2.13. The number of nitrogen functional groups attached to an aromatic ring is 1. The lowest BCUT2D eigenvalue weighted by molar-refractivity contribution is 0.380. The Labute approximate surface area is 131 Å². The molecule has 0 amide bonds. The smallest absolute Gasteiger partial charge is 0.250 e. The van der Waals surface area contributed by atoms with Crippen molar-refractivity contribution < 1.29 is 12.9 Å². The zero-order valence-corrected chi connectivity index (χ0v) is 14.0. The fraction of sp³-hybridized carbons (Fsp3) is 0.400. The first-order valence-electron chi connectivity index (χ1n) is 6.98. The van der Waals surface area contributed by atoms with Crippen LogP contribution in [0.4, 0.5) is 5.82 Å². The Morgan fingerprint density at radius 2 is 1.86 bits per heavy atom. The monoisotopic (exact) mass is 323 g/mol. The lowest BCUT2D eigenvalue weighted by atomic mass is 10.1. The van der Waals surface area contributed by atoms with Gasteiger partial charge in [0.05, 0.1) is 0 Å². The highest BCUT2D eigenvalue weighted by molar-refractivity contribution is 7.89. The molecule has 22 heavy (non-hydrogen) atoms. The average molecular weight is 323 g/mol. The second-order valence-corrected chi connectivity index (χ2v) is 7.45. The summed E-state index contributed by atoms with van der Waals surface area (Å²) in [5.74, 6) is 0.0961. The van der Waals surface area contributed by atoms with Crippen LogP contribution in [-0.2, 0) is 16.4 Å². The molecule has 0 saturated heterocycles. The van der Waals surface area contributed by atoms with E-state index in [2.05, 4.69) is 5.16 Å². The van der Waals surface area contributed by atoms with Gasteiger partial charge in [0.2, 0.25) is 10.0 Å². The van der Waals surface area contributed by atoms with Crippen LogP contribution in [0.5, 0.6) is 0 Å². The predicted molar refractivity (Wildman–Crippen MR) is 84.9 cm³/mol. The van der Waals surface area contributed by atoms with Crippen molar-refractivity contribution in [2.24, 2.45) is 0 Å². The van der Waals surface area contributed by atoms with Crippen LogP contribution in [0.1, 0.15) is 23.8 Å². The SMILES string of the molecule is Cc1ccc(CC(C)N(C)S(=O)(=O)c2c(N)noc2C)cc1. The summed E-state index contributed by atoms with van der Waals surface area (Å²) in [6, 6.07) is 7.81. The molecule has 0 aliphatic carbocycles. The third-order valence-corrected chi connectivity index (χ3v) is 5.87. The van der Waals surface area contributed by atoms with Crippen LogP contribution in [0.3, 0.4) is 0 Å². The van der Waals surface area contributed by atoms with Crippen molar-refractivity contribution in [3.8, 4) is 0 Å². The van der Waals surface area contributed by atoms with Crippen LogP contribution in [0.2, 0.25) is 0 Å². The molecule has 6 nitrogen and oxygen atoms in total. The minimum atomic E-state index is -3.73. The van der Waals surface area contributed by atoms with Crippen molar-refractivity contribution in [2.75, 3.05) is 12.8 Å². The molecular weight excluding hydrogens is 302 g/mol. The molecule has 2 N–H and O–H groups in total. The van der Waals surface area contributed by atoms with Gasteiger partial charge in [-0.15, -0.1) is 0 Å². The highest BCUT2D eigenvalue weighted by Crippen LogP contribution is 2.26. The second kappa shape index (κ2) is 6.10. The zero-order chi connectivity index (χ0) is 16.5. The van der Waals surface area contributed by atoms with E-state index in [9.17, 15) is 8.42 Å². The fourth-order valence-electron chi connectivity index (χ4n) is 2.27. The zero-order valence-electron chi connectivity index (χ0n) is 13.2. The molecule has 0 bridgehead atoms. The Morgan fingerprint density at radius 3 is 2.36 bits per heavy atom. The Balaban J connectivity index is 2.22. The van der Waals surface area contributed by atoms with Crippen molar-refractivity contribution in [1.29, 1.82) is 0 Å². The van der Waals surface area contributed by atoms with Crippen LogP contribution in [0.25, 0.3) is 0 Å². The topological polar surface area (TPSA) is 89.4 Å². The minimum Gasteiger partial charge on any atom is -0.380 e. The van der Waals surface area contributed by atoms with E-state index in [4.69, 9.17) is 10.3 Å². The van der Waals surface area contributed by atoms with Crippen molar-refractivity contribution in [3.05, 3.63) is 41.2 Å². The van der Waals surface area contributed by atoms with Crippen LogP contribution in [0.15, 0.2) is 33.7 Å². The van der Waals surface area contributed by atoms with Gasteiger partial charge in [0.15, 0.2) is 16.5 Å². The molecule has 1 heterocycles. The normalized spacial score (nSPS) is 13.5. The number of aromatic nitrogens is 1.